The predicted octanol–water partition coefficient (Wildman–Crippen LogP) is 6.89. The van der Waals surface area contributed by atoms with E-state index in [-0.39, 0.29) is 5.97 Å². The first kappa shape index (κ1) is 20.2. The summed E-state index contributed by atoms with van der Waals surface area (Å²) in [4.78, 5) is 15.4. The number of methoxy groups -OCH3 is 1. The number of aryl methyl sites for hydroxylation is 2. The maximum absolute atomic E-state index is 11.2. The summed E-state index contributed by atoms with van der Waals surface area (Å²) in [6.07, 6.45) is 6.91. The highest BCUT2D eigenvalue weighted by molar-refractivity contribution is 6.08. The van der Waals surface area contributed by atoms with Crippen LogP contribution in [0.5, 0.6) is 0 Å². The Kier molecular flexibility index (Phi) is 5.55. The van der Waals surface area contributed by atoms with Crippen LogP contribution in [0.2, 0.25) is 0 Å². The number of rotatable bonds is 1. The maximum Gasteiger partial charge on any atom is 0.337 e. The molecule has 5 aromatic rings. The minimum absolute atomic E-state index is 0.336. The standard InChI is InChI=1S/C18H16.C11H9NO2/c1-3-7-15-13(5-1)9-11-18-16-8-4-2-6-14(16)10-12-17(15)18;1-14-11(13)9-5-4-8-3-2-6-12-10(8)7-9/h1,3,5,7,9-12H,2,4,6,8H2;2-7H,1H3. The highest BCUT2D eigenvalue weighted by atomic mass is 16.5. The Morgan fingerprint density at radius 3 is 2.47 bits per heavy atom. The molecule has 0 fully saturated rings. The van der Waals surface area contributed by atoms with Crippen molar-refractivity contribution in [2.24, 2.45) is 0 Å². The molecule has 0 atom stereocenters. The molecule has 158 valence electrons. The van der Waals surface area contributed by atoms with Gasteiger partial charge in [-0.2, -0.15) is 0 Å². The second-order valence-electron chi connectivity index (χ2n) is 8.19. The Morgan fingerprint density at radius 1 is 0.781 bits per heavy atom. The molecule has 0 unspecified atom stereocenters. The molecular weight excluding hydrogens is 394 g/mol. The van der Waals surface area contributed by atoms with Crippen LogP contribution in [0.25, 0.3) is 32.4 Å². The third-order valence-corrected chi connectivity index (χ3v) is 6.28. The van der Waals surface area contributed by atoms with Crippen LogP contribution in [-0.4, -0.2) is 18.1 Å². The fraction of sp³-hybridized carbons (Fsp3) is 0.172. The summed E-state index contributed by atoms with van der Waals surface area (Å²) in [6, 6.07) is 27.1. The lowest BCUT2D eigenvalue weighted by molar-refractivity contribution is 0.0601. The van der Waals surface area contributed by atoms with Gasteiger partial charge in [-0.25, -0.2) is 4.79 Å². The van der Waals surface area contributed by atoms with Crippen LogP contribution in [0.1, 0.15) is 34.3 Å². The molecule has 0 aliphatic heterocycles. The van der Waals surface area contributed by atoms with E-state index in [1.807, 2.05) is 18.2 Å². The lowest BCUT2D eigenvalue weighted by Crippen LogP contribution is -2.02. The van der Waals surface area contributed by atoms with Crippen LogP contribution in [-0.2, 0) is 17.6 Å². The minimum atomic E-state index is -0.336. The van der Waals surface area contributed by atoms with Gasteiger partial charge in [0.05, 0.1) is 18.2 Å². The lowest BCUT2D eigenvalue weighted by atomic mass is 9.86. The van der Waals surface area contributed by atoms with E-state index >= 15 is 0 Å². The van der Waals surface area contributed by atoms with Gasteiger partial charge in [0, 0.05) is 11.6 Å². The van der Waals surface area contributed by atoms with Crippen LogP contribution < -0.4 is 0 Å². The van der Waals surface area contributed by atoms with Gasteiger partial charge in [0.1, 0.15) is 0 Å². The fourth-order valence-corrected chi connectivity index (χ4v) is 4.65. The molecule has 3 heteroatoms. The average molecular weight is 420 g/mol. The molecule has 32 heavy (non-hydrogen) atoms. The van der Waals surface area contributed by atoms with E-state index in [4.69, 9.17) is 0 Å². The summed E-state index contributed by atoms with van der Waals surface area (Å²) in [5.41, 5.74) is 4.50. The first-order valence-electron chi connectivity index (χ1n) is 11.1. The van der Waals surface area contributed by atoms with Crippen molar-refractivity contribution >= 4 is 38.4 Å². The van der Waals surface area contributed by atoms with Crippen molar-refractivity contribution in [2.75, 3.05) is 7.11 Å². The molecule has 6 rings (SSSR count). The third-order valence-electron chi connectivity index (χ3n) is 6.28. The molecule has 0 amide bonds. The van der Waals surface area contributed by atoms with Gasteiger partial charge in [0.15, 0.2) is 0 Å². The normalized spacial score (nSPS) is 12.8. The van der Waals surface area contributed by atoms with E-state index < -0.39 is 0 Å². The number of carbonyl (C=O) groups is 1. The SMILES string of the molecule is COC(=O)c1ccc2cccnc2c1.c1ccc2c(c1)ccc1c3c(ccc12)CCCC3. The lowest BCUT2D eigenvalue weighted by Gasteiger charge is -2.18. The molecule has 0 N–H and O–H groups in total. The summed E-state index contributed by atoms with van der Waals surface area (Å²) < 4.78 is 4.62. The molecule has 0 radical (unpaired) electrons. The highest BCUT2D eigenvalue weighted by Crippen LogP contribution is 2.33. The van der Waals surface area contributed by atoms with Gasteiger partial charge in [-0.3, -0.25) is 4.98 Å². The molecule has 0 spiro atoms. The summed E-state index contributed by atoms with van der Waals surface area (Å²) in [5.74, 6) is -0.336. The van der Waals surface area contributed by atoms with Gasteiger partial charge in [-0.05, 0) is 76.6 Å². The second-order valence-corrected chi connectivity index (χ2v) is 8.19. The van der Waals surface area contributed by atoms with E-state index in [9.17, 15) is 4.79 Å². The minimum Gasteiger partial charge on any atom is -0.465 e. The molecule has 1 heterocycles. The van der Waals surface area contributed by atoms with Crippen LogP contribution in [0.15, 0.2) is 85.1 Å². The van der Waals surface area contributed by atoms with Crippen molar-refractivity contribution in [2.45, 2.75) is 25.7 Å². The van der Waals surface area contributed by atoms with Crippen molar-refractivity contribution in [1.82, 2.24) is 4.98 Å². The first-order valence-corrected chi connectivity index (χ1v) is 11.1. The molecule has 1 aliphatic rings. The Balaban J connectivity index is 0.000000140. The summed E-state index contributed by atoms with van der Waals surface area (Å²) in [6.45, 7) is 0. The number of hydrogen-bond donors (Lipinski definition) is 0. The quantitative estimate of drug-likeness (QED) is 0.219. The number of ether oxygens (including phenoxy) is 1. The van der Waals surface area contributed by atoms with Gasteiger partial charge >= 0.3 is 5.97 Å². The van der Waals surface area contributed by atoms with Crippen molar-refractivity contribution in [1.29, 1.82) is 0 Å². The smallest absolute Gasteiger partial charge is 0.337 e. The summed E-state index contributed by atoms with van der Waals surface area (Å²) in [5, 5.41) is 6.66. The van der Waals surface area contributed by atoms with E-state index in [2.05, 4.69) is 58.3 Å². The number of fused-ring (bicyclic) bond motifs is 6. The van der Waals surface area contributed by atoms with Gasteiger partial charge in [0.2, 0.25) is 0 Å². The molecule has 1 aliphatic carbocycles. The number of pyridine rings is 1. The van der Waals surface area contributed by atoms with Crippen LogP contribution >= 0.6 is 0 Å². The zero-order valence-electron chi connectivity index (χ0n) is 18.2. The van der Waals surface area contributed by atoms with Crippen molar-refractivity contribution in [3.63, 3.8) is 0 Å². The Morgan fingerprint density at radius 2 is 1.56 bits per heavy atom. The first-order chi connectivity index (χ1) is 15.7. The molecule has 1 aromatic heterocycles. The van der Waals surface area contributed by atoms with E-state index in [1.165, 1.54) is 54.3 Å². The number of benzene rings is 4. The molecule has 0 bridgehead atoms. The van der Waals surface area contributed by atoms with Crippen molar-refractivity contribution in [3.05, 3.63) is 102 Å². The highest BCUT2D eigenvalue weighted by Gasteiger charge is 2.13. The average Bonchev–Trinajstić information content (AvgIpc) is 2.88. The van der Waals surface area contributed by atoms with Gasteiger partial charge < -0.3 is 4.74 Å². The molecule has 3 nitrogen and oxygen atoms in total. The molecule has 0 saturated heterocycles. The fourth-order valence-electron chi connectivity index (χ4n) is 4.65. The van der Waals surface area contributed by atoms with Crippen molar-refractivity contribution < 1.29 is 9.53 Å². The predicted molar refractivity (Wildman–Crippen MR) is 131 cm³/mol. The summed E-state index contributed by atoms with van der Waals surface area (Å²) >= 11 is 0. The van der Waals surface area contributed by atoms with Crippen LogP contribution in [0.4, 0.5) is 0 Å². The van der Waals surface area contributed by atoms with Gasteiger partial charge in [-0.1, -0.05) is 60.7 Å². The zero-order chi connectivity index (χ0) is 21.9. The molecule has 0 saturated carbocycles. The van der Waals surface area contributed by atoms with Gasteiger partial charge in [0.25, 0.3) is 0 Å². The number of nitrogens with zero attached hydrogens (tertiary/aromatic N) is 1. The topological polar surface area (TPSA) is 39.2 Å². The van der Waals surface area contributed by atoms with E-state index in [0.717, 1.165) is 10.9 Å². The Labute approximate surface area is 187 Å². The van der Waals surface area contributed by atoms with Gasteiger partial charge in [-0.15, -0.1) is 0 Å². The van der Waals surface area contributed by atoms with Crippen molar-refractivity contribution in [3.8, 4) is 0 Å². The zero-order valence-corrected chi connectivity index (χ0v) is 18.2. The van der Waals surface area contributed by atoms with E-state index in [1.54, 1.807) is 29.5 Å². The van der Waals surface area contributed by atoms with Crippen LogP contribution in [0, 0.1) is 0 Å². The number of aromatic nitrogens is 1. The number of carbonyl (C=O) groups excluding carboxylic acids is 1. The number of hydrogen-bond acceptors (Lipinski definition) is 3. The third kappa shape index (κ3) is 3.82. The second kappa shape index (κ2) is 8.80. The molecule has 4 aromatic carbocycles. The van der Waals surface area contributed by atoms with E-state index in [0.29, 0.717) is 5.56 Å². The Hall–Kier alpha value is -3.72. The van der Waals surface area contributed by atoms with Crippen LogP contribution in [0.3, 0.4) is 0 Å². The monoisotopic (exact) mass is 419 g/mol. The summed E-state index contributed by atoms with van der Waals surface area (Å²) in [7, 11) is 1.37. The number of esters is 1. The largest absolute Gasteiger partial charge is 0.465 e. The molecular formula is C29H25NO2. The Bertz CT molecular complexity index is 1440. The maximum atomic E-state index is 11.2.